The average molecular weight is 324 g/mol. The van der Waals surface area contributed by atoms with E-state index in [1.54, 1.807) is 12.1 Å². The summed E-state index contributed by atoms with van der Waals surface area (Å²) in [6.45, 7) is 2.50. The van der Waals surface area contributed by atoms with Crippen LogP contribution in [0.25, 0.3) is 11.2 Å². The molecule has 122 valence electrons. The number of nitrogens with zero attached hydrogens (tertiary/aromatic N) is 5. The Balaban J connectivity index is 2.05. The third kappa shape index (κ3) is 1.99. The Labute approximate surface area is 136 Å². The van der Waals surface area contributed by atoms with Crippen molar-refractivity contribution in [1.29, 1.82) is 0 Å². The first-order valence-electron chi connectivity index (χ1n) is 7.71. The number of anilines is 2. The minimum atomic E-state index is -0.481. The van der Waals surface area contributed by atoms with Gasteiger partial charge in [-0.05, 0) is 18.6 Å². The predicted octanol–water partition coefficient (Wildman–Crippen LogP) is 1.34. The number of nitrogens with one attached hydrogen (secondary N) is 1. The van der Waals surface area contributed by atoms with Crippen LogP contribution in [0.1, 0.15) is 13.3 Å². The van der Waals surface area contributed by atoms with Gasteiger partial charge >= 0.3 is 5.69 Å². The minimum absolute atomic E-state index is 0.354. The summed E-state index contributed by atoms with van der Waals surface area (Å²) in [6.07, 6.45) is 0.756. The zero-order valence-corrected chi connectivity index (χ0v) is 13.4. The van der Waals surface area contributed by atoms with Crippen molar-refractivity contribution in [3.63, 3.8) is 0 Å². The summed E-state index contributed by atoms with van der Waals surface area (Å²) in [6, 6.07) is 9.61. The summed E-state index contributed by atoms with van der Waals surface area (Å²) in [4.78, 5) is 31.1. The standard InChI is InChI=1S/C16H16N6O2/c1-3-10-9-21-12-13(20(2)16(24)18-14(12)23)17-15(21)22(19-10)11-7-5-4-6-8-11/h4-8H,3,9H2,1-2H3,(H,18,23,24). The highest BCUT2D eigenvalue weighted by molar-refractivity contribution is 5.90. The number of hydrogen-bond donors (Lipinski definition) is 1. The first-order valence-corrected chi connectivity index (χ1v) is 7.71. The second-order valence-electron chi connectivity index (χ2n) is 5.66. The predicted molar refractivity (Wildman–Crippen MR) is 91.9 cm³/mol. The van der Waals surface area contributed by atoms with Crippen LogP contribution in [-0.4, -0.2) is 24.8 Å². The molecule has 0 amide bonds. The highest BCUT2D eigenvalue weighted by atomic mass is 16.2. The van der Waals surface area contributed by atoms with Crippen LogP contribution in [0.2, 0.25) is 0 Å². The van der Waals surface area contributed by atoms with E-state index in [0.29, 0.717) is 23.7 Å². The van der Waals surface area contributed by atoms with E-state index in [1.165, 1.54) is 4.57 Å². The molecular weight excluding hydrogens is 308 g/mol. The summed E-state index contributed by atoms with van der Waals surface area (Å²) >= 11 is 0. The average Bonchev–Trinajstić information content (AvgIpc) is 2.99. The Morgan fingerprint density at radius 2 is 1.96 bits per heavy atom. The van der Waals surface area contributed by atoms with Crippen molar-refractivity contribution in [1.82, 2.24) is 19.1 Å². The summed E-state index contributed by atoms with van der Waals surface area (Å²) in [5, 5.41) is 6.37. The van der Waals surface area contributed by atoms with Crippen molar-refractivity contribution >= 4 is 28.5 Å². The lowest BCUT2D eigenvalue weighted by atomic mass is 10.2. The van der Waals surface area contributed by atoms with Gasteiger partial charge in [-0.1, -0.05) is 25.1 Å². The van der Waals surface area contributed by atoms with Crippen LogP contribution in [0.4, 0.5) is 11.6 Å². The maximum atomic E-state index is 12.3. The SMILES string of the molecule is CCC1=NN(c2ccccc2)c2nc3c(c(=O)[nH]c(=O)n3C)n2C1. The number of fused-ring (bicyclic) bond motifs is 3. The summed E-state index contributed by atoms with van der Waals surface area (Å²) < 4.78 is 3.16. The molecule has 0 radical (unpaired) electrons. The van der Waals surface area contributed by atoms with Crippen LogP contribution in [0, 0.1) is 0 Å². The number of aromatic amines is 1. The largest absolute Gasteiger partial charge is 0.329 e. The van der Waals surface area contributed by atoms with Crippen LogP contribution in [0.3, 0.4) is 0 Å². The van der Waals surface area contributed by atoms with Crippen LogP contribution in [-0.2, 0) is 13.6 Å². The van der Waals surface area contributed by atoms with Crippen molar-refractivity contribution in [3.05, 3.63) is 51.2 Å². The quantitative estimate of drug-likeness (QED) is 0.770. The maximum Gasteiger partial charge on any atom is 0.329 e. The Morgan fingerprint density at radius 3 is 2.67 bits per heavy atom. The molecule has 8 heteroatoms. The van der Waals surface area contributed by atoms with Crippen LogP contribution >= 0.6 is 0 Å². The molecule has 0 aliphatic carbocycles. The van der Waals surface area contributed by atoms with Gasteiger partial charge in [-0.25, -0.2) is 9.80 Å². The monoisotopic (exact) mass is 324 g/mol. The van der Waals surface area contributed by atoms with Gasteiger partial charge in [-0.15, -0.1) is 0 Å². The van der Waals surface area contributed by atoms with E-state index < -0.39 is 11.2 Å². The lowest BCUT2D eigenvalue weighted by Crippen LogP contribution is -2.31. The van der Waals surface area contributed by atoms with E-state index in [0.717, 1.165) is 17.8 Å². The molecule has 24 heavy (non-hydrogen) atoms. The van der Waals surface area contributed by atoms with E-state index in [1.807, 2.05) is 41.8 Å². The fourth-order valence-corrected chi connectivity index (χ4v) is 2.86. The molecular formula is C16H16N6O2. The first kappa shape index (κ1) is 14.4. The molecule has 3 heterocycles. The first-order chi connectivity index (χ1) is 11.6. The summed E-state index contributed by atoms with van der Waals surface area (Å²) in [5.74, 6) is 0.528. The van der Waals surface area contributed by atoms with Gasteiger partial charge in [0.15, 0.2) is 11.2 Å². The molecule has 0 spiro atoms. The van der Waals surface area contributed by atoms with Gasteiger partial charge in [-0.3, -0.25) is 18.9 Å². The Hall–Kier alpha value is -3.16. The van der Waals surface area contributed by atoms with Crippen molar-refractivity contribution < 1.29 is 0 Å². The Kier molecular flexibility index (Phi) is 3.12. The number of rotatable bonds is 2. The zero-order chi connectivity index (χ0) is 16.8. The number of hydrazone groups is 1. The van der Waals surface area contributed by atoms with Gasteiger partial charge in [-0.2, -0.15) is 10.1 Å². The number of aryl methyl sites for hydroxylation is 1. The second-order valence-corrected chi connectivity index (χ2v) is 5.66. The third-order valence-electron chi connectivity index (χ3n) is 4.17. The molecule has 0 unspecified atom stereocenters. The van der Waals surface area contributed by atoms with E-state index in [9.17, 15) is 9.59 Å². The number of benzene rings is 1. The number of aromatic nitrogens is 4. The van der Waals surface area contributed by atoms with Gasteiger partial charge in [0.25, 0.3) is 5.56 Å². The molecule has 8 nitrogen and oxygen atoms in total. The van der Waals surface area contributed by atoms with Crippen molar-refractivity contribution in [2.24, 2.45) is 12.1 Å². The number of para-hydroxylation sites is 1. The number of H-pyrrole nitrogens is 1. The van der Waals surface area contributed by atoms with Crippen LogP contribution in [0.15, 0.2) is 45.0 Å². The molecule has 0 fully saturated rings. The van der Waals surface area contributed by atoms with E-state index in [4.69, 9.17) is 0 Å². The lowest BCUT2D eigenvalue weighted by Gasteiger charge is -2.25. The summed E-state index contributed by atoms with van der Waals surface area (Å²) in [7, 11) is 1.59. The molecule has 1 aliphatic heterocycles. The van der Waals surface area contributed by atoms with Crippen LogP contribution in [0.5, 0.6) is 0 Å². The molecule has 0 saturated heterocycles. The normalized spacial score (nSPS) is 13.9. The van der Waals surface area contributed by atoms with Crippen molar-refractivity contribution in [3.8, 4) is 0 Å². The molecule has 3 aromatic rings. The second kappa shape index (κ2) is 5.19. The summed E-state index contributed by atoms with van der Waals surface area (Å²) in [5.41, 5.74) is 1.60. The number of imidazole rings is 1. The molecule has 0 saturated carbocycles. The molecule has 0 atom stereocenters. The molecule has 4 rings (SSSR count). The smallest absolute Gasteiger partial charge is 0.297 e. The molecule has 0 bridgehead atoms. The lowest BCUT2D eigenvalue weighted by molar-refractivity contribution is 0.781. The molecule has 1 aliphatic rings. The van der Waals surface area contributed by atoms with Gasteiger partial charge in [0, 0.05) is 7.05 Å². The van der Waals surface area contributed by atoms with Gasteiger partial charge in [0.1, 0.15) is 0 Å². The van der Waals surface area contributed by atoms with Crippen molar-refractivity contribution in [2.45, 2.75) is 19.9 Å². The van der Waals surface area contributed by atoms with Gasteiger partial charge in [0.2, 0.25) is 5.95 Å². The van der Waals surface area contributed by atoms with Crippen LogP contribution < -0.4 is 16.3 Å². The van der Waals surface area contributed by atoms with Gasteiger partial charge in [0.05, 0.1) is 17.9 Å². The minimum Gasteiger partial charge on any atom is -0.297 e. The third-order valence-corrected chi connectivity index (χ3v) is 4.17. The number of hydrogen-bond acceptors (Lipinski definition) is 5. The molecule has 1 aromatic carbocycles. The van der Waals surface area contributed by atoms with E-state index in [-0.39, 0.29) is 0 Å². The molecule has 2 aromatic heterocycles. The maximum absolute atomic E-state index is 12.3. The van der Waals surface area contributed by atoms with Gasteiger partial charge < -0.3 is 0 Å². The zero-order valence-electron chi connectivity index (χ0n) is 13.4. The highest BCUT2D eigenvalue weighted by Gasteiger charge is 2.26. The highest BCUT2D eigenvalue weighted by Crippen LogP contribution is 2.30. The van der Waals surface area contributed by atoms with Crippen molar-refractivity contribution in [2.75, 3.05) is 5.01 Å². The fourth-order valence-electron chi connectivity index (χ4n) is 2.86. The van der Waals surface area contributed by atoms with E-state index >= 15 is 0 Å². The Bertz CT molecular complexity index is 1070. The topological polar surface area (TPSA) is 88.3 Å². The fraction of sp³-hybridized carbons (Fsp3) is 0.250. The Morgan fingerprint density at radius 1 is 1.21 bits per heavy atom. The van der Waals surface area contributed by atoms with E-state index in [2.05, 4.69) is 15.1 Å². The molecule has 1 N–H and O–H groups in total.